The minimum Gasteiger partial charge on any atom is -0.482 e. The number of nitrogens with zero attached hydrogens (tertiary/aromatic N) is 2. The van der Waals surface area contributed by atoms with E-state index in [0.717, 1.165) is 18.6 Å². The Labute approximate surface area is 105 Å². The number of hydrogen-bond donors (Lipinski definition) is 1. The summed E-state index contributed by atoms with van der Waals surface area (Å²) in [6.07, 6.45) is 1.38. The molecular weight excluding hydrogens is 230 g/mol. The molecule has 0 aliphatic carbocycles. The third kappa shape index (κ3) is 1.86. The molecule has 0 spiro atoms. The lowest BCUT2D eigenvalue weighted by atomic mass is 10.1. The van der Waals surface area contributed by atoms with Crippen molar-refractivity contribution < 1.29 is 9.26 Å². The summed E-state index contributed by atoms with van der Waals surface area (Å²) in [7, 11) is 0. The molecule has 0 saturated carbocycles. The van der Waals surface area contributed by atoms with Crippen molar-refractivity contribution in [1.82, 2.24) is 10.1 Å². The van der Waals surface area contributed by atoms with Crippen LogP contribution >= 0.6 is 0 Å². The van der Waals surface area contributed by atoms with E-state index in [4.69, 9.17) is 15.0 Å². The molecule has 2 unspecified atom stereocenters. The van der Waals surface area contributed by atoms with Gasteiger partial charge < -0.3 is 15.0 Å². The van der Waals surface area contributed by atoms with E-state index in [-0.39, 0.29) is 12.1 Å². The van der Waals surface area contributed by atoms with Gasteiger partial charge in [-0.15, -0.1) is 0 Å². The van der Waals surface area contributed by atoms with Gasteiger partial charge in [-0.1, -0.05) is 30.3 Å². The summed E-state index contributed by atoms with van der Waals surface area (Å²) in [5, 5.41) is 3.96. The van der Waals surface area contributed by atoms with Gasteiger partial charge in [0.05, 0.1) is 6.04 Å². The fourth-order valence-corrected chi connectivity index (χ4v) is 2.03. The third-order valence-electron chi connectivity index (χ3n) is 3.15. The second kappa shape index (κ2) is 4.42. The van der Waals surface area contributed by atoms with E-state index in [9.17, 15) is 0 Å². The number of fused-ring (bicyclic) bond motifs is 1. The zero-order valence-electron chi connectivity index (χ0n) is 10.2. The molecule has 2 N–H and O–H groups in total. The van der Waals surface area contributed by atoms with Gasteiger partial charge in [0.2, 0.25) is 11.7 Å². The van der Waals surface area contributed by atoms with Crippen LogP contribution < -0.4 is 10.5 Å². The second-order valence-electron chi connectivity index (χ2n) is 4.42. The highest BCUT2D eigenvalue weighted by atomic mass is 16.5. The van der Waals surface area contributed by atoms with Gasteiger partial charge in [0.25, 0.3) is 0 Å². The zero-order chi connectivity index (χ0) is 12.5. The molecule has 1 aromatic carbocycles. The lowest BCUT2D eigenvalue weighted by molar-refractivity contribution is 0.220. The molecule has 2 heterocycles. The molecule has 18 heavy (non-hydrogen) atoms. The molecule has 2 aromatic rings. The van der Waals surface area contributed by atoms with Gasteiger partial charge in [-0.2, -0.15) is 4.98 Å². The Balaban J connectivity index is 1.80. The molecule has 1 aliphatic rings. The topological polar surface area (TPSA) is 74.2 Å². The van der Waals surface area contributed by atoms with Crippen molar-refractivity contribution in [1.29, 1.82) is 0 Å². The second-order valence-corrected chi connectivity index (χ2v) is 4.42. The smallest absolute Gasteiger partial charge is 0.243 e. The van der Waals surface area contributed by atoms with Gasteiger partial charge in [-0.05, 0) is 18.1 Å². The van der Waals surface area contributed by atoms with Crippen molar-refractivity contribution in [2.75, 3.05) is 0 Å². The normalized spacial score (nSPS) is 19.3. The van der Waals surface area contributed by atoms with Gasteiger partial charge in [0.15, 0.2) is 6.10 Å². The van der Waals surface area contributed by atoms with Crippen LogP contribution in [0.25, 0.3) is 0 Å². The summed E-state index contributed by atoms with van der Waals surface area (Å²) in [5.74, 6) is 1.95. The van der Waals surface area contributed by atoms with Crippen molar-refractivity contribution in [2.24, 2.45) is 5.73 Å². The first-order valence-electron chi connectivity index (χ1n) is 6.11. The molecule has 5 heteroatoms. The Morgan fingerprint density at radius 1 is 1.44 bits per heavy atom. The summed E-state index contributed by atoms with van der Waals surface area (Å²) in [6, 6.07) is 7.76. The molecule has 0 radical (unpaired) electrons. The van der Waals surface area contributed by atoms with Gasteiger partial charge in [-0.25, -0.2) is 0 Å². The van der Waals surface area contributed by atoms with Crippen LogP contribution in [0, 0.1) is 0 Å². The Morgan fingerprint density at radius 3 is 3.06 bits per heavy atom. The summed E-state index contributed by atoms with van der Waals surface area (Å²) < 4.78 is 11.0. The maximum atomic E-state index is 5.85. The number of ether oxygens (including phenoxy) is 1. The van der Waals surface area contributed by atoms with Crippen LogP contribution in [0.5, 0.6) is 5.75 Å². The lowest BCUT2D eigenvalue weighted by Crippen LogP contribution is -2.10. The van der Waals surface area contributed by atoms with E-state index in [1.165, 1.54) is 5.56 Å². The van der Waals surface area contributed by atoms with Crippen LogP contribution in [0.3, 0.4) is 0 Å². The minimum absolute atomic E-state index is 0.163. The zero-order valence-corrected chi connectivity index (χ0v) is 10.2. The van der Waals surface area contributed by atoms with Gasteiger partial charge in [0, 0.05) is 6.42 Å². The number of aromatic nitrogens is 2. The summed E-state index contributed by atoms with van der Waals surface area (Å²) >= 11 is 0. The molecule has 0 fully saturated rings. The highest BCUT2D eigenvalue weighted by molar-refractivity contribution is 5.37. The summed E-state index contributed by atoms with van der Waals surface area (Å²) in [6.45, 7) is 1.98. The number of benzene rings is 1. The summed E-state index contributed by atoms with van der Waals surface area (Å²) in [4.78, 5) is 4.32. The van der Waals surface area contributed by atoms with Gasteiger partial charge >= 0.3 is 0 Å². The predicted octanol–water partition coefficient (Wildman–Crippen LogP) is 2.16. The molecule has 0 saturated heterocycles. The highest BCUT2D eigenvalue weighted by Crippen LogP contribution is 2.35. The number of para-hydroxylation sites is 1. The largest absolute Gasteiger partial charge is 0.482 e. The van der Waals surface area contributed by atoms with E-state index in [1.54, 1.807) is 0 Å². The van der Waals surface area contributed by atoms with E-state index in [2.05, 4.69) is 10.1 Å². The maximum absolute atomic E-state index is 5.85. The van der Waals surface area contributed by atoms with E-state index < -0.39 is 0 Å². The first-order valence-corrected chi connectivity index (χ1v) is 6.11. The number of rotatable bonds is 3. The molecule has 1 aromatic heterocycles. The van der Waals surface area contributed by atoms with Crippen LogP contribution in [0.2, 0.25) is 0 Å². The maximum Gasteiger partial charge on any atom is 0.243 e. The van der Waals surface area contributed by atoms with Gasteiger partial charge in [0.1, 0.15) is 5.75 Å². The average molecular weight is 245 g/mol. The fraction of sp³-hybridized carbons (Fsp3) is 0.385. The molecule has 2 atom stereocenters. The molecule has 3 rings (SSSR count). The predicted molar refractivity (Wildman–Crippen MR) is 65.0 cm³/mol. The van der Waals surface area contributed by atoms with E-state index in [1.807, 2.05) is 31.2 Å². The Bertz CT molecular complexity index is 528. The number of hydrogen-bond acceptors (Lipinski definition) is 5. The molecule has 0 bridgehead atoms. The molecule has 94 valence electrons. The minimum atomic E-state index is -0.199. The van der Waals surface area contributed by atoms with Crippen LogP contribution in [-0.4, -0.2) is 10.1 Å². The highest BCUT2D eigenvalue weighted by Gasteiger charge is 2.28. The monoisotopic (exact) mass is 245 g/mol. The molecular formula is C13H15N3O2. The molecule has 0 amide bonds. The Morgan fingerprint density at radius 2 is 2.28 bits per heavy atom. The van der Waals surface area contributed by atoms with Crippen molar-refractivity contribution in [3.8, 4) is 5.75 Å². The standard InChI is InChI=1S/C13H15N3O2/c1-2-9(14)13-15-12(16-18-13)11-7-8-5-3-4-6-10(8)17-11/h3-6,9,11H,2,7,14H2,1H3. The first kappa shape index (κ1) is 11.2. The lowest BCUT2D eigenvalue weighted by Gasteiger charge is -2.04. The van der Waals surface area contributed by atoms with Crippen molar-refractivity contribution in [3.05, 3.63) is 41.5 Å². The van der Waals surface area contributed by atoms with Crippen molar-refractivity contribution in [2.45, 2.75) is 31.9 Å². The van der Waals surface area contributed by atoms with E-state index >= 15 is 0 Å². The fourth-order valence-electron chi connectivity index (χ4n) is 2.03. The SMILES string of the molecule is CCC(N)c1nc(C2Cc3ccccc3O2)no1. The van der Waals surface area contributed by atoms with Crippen LogP contribution in [0.1, 0.15) is 42.8 Å². The number of nitrogens with two attached hydrogens (primary N) is 1. The Hall–Kier alpha value is -1.88. The Kier molecular flexibility index (Phi) is 2.76. The van der Waals surface area contributed by atoms with Crippen molar-refractivity contribution >= 4 is 0 Å². The van der Waals surface area contributed by atoms with Crippen molar-refractivity contribution in [3.63, 3.8) is 0 Å². The molecule has 5 nitrogen and oxygen atoms in total. The van der Waals surface area contributed by atoms with Crippen LogP contribution in [0.4, 0.5) is 0 Å². The quantitative estimate of drug-likeness (QED) is 0.896. The van der Waals surface area contributed by atoms with E-state index in [0.29, 0.717) is 11.7 Å². The average Bonchev–Trinajstić information content (AvgIpc) is 3.03. The first-order chi connectivity index (χ1) is 8.78. The third-order valence-corrected chi connectivity index (χ3v) is 3.15. The van der Waals surface area contributed by atoms with Crippen LogP contribution in [0.15, 0.2) is 28.8 Å². The van der Waals surface area contributed by atoms with Gasteiger partial charge in [-0.3, -0.25) is 0 Å². The van der Waals surface area contributed by atoms with Crippen LogP contribution in [-0.2, 0) is 6.42 Å². The molecule has 1 aliphatic heterocycles. The summed E-state index contributed by atoms with van der Waals surface area (Å²) in [5.41, 5.74) is 7.03.